The summed E-state index contributed by atoms with van der Waals surface area (Å²) in [4.78, 5) is 0. The number of hydrogen-bond acceptors (Lipinski definition) is 3. The molecule has 1 aromatic rings. The topological polar surface area (TPSA) is 30.5 Å². The first kappa shape index (κ1) is 13.9. The predicted molar refractivity (Wildman–Crippen MR) is 80.2 cm³/mol. The van der Waals surface area contributed by atoms with E-state index in [1.165, 1.54) is 11.1 Å². The molecule has 20 heavy (non-hydrogen) atoms. The van der Waals surface area contributed by atoms with Gasteiger partial charge >= 0.3 is 0 Å². The molecule has 0 radical (unpaired) electrons. The third kappa shape index (κ3) is 2.84. The number of hydrogen-bond donors (Lipinski definition) is 1. The highest BCUT2D eigenvalue weighted by Gasteiger charge is 2.33. The van der Waals surface area contributed by atoms with Crippen LogP contribution in [0.1, 0.15) is 43.4 Å². The van der Waals surface area contributed by atoms with Crippen LogP contribution in [0.4, 0.5) is 0 Å². The second-order valence-electron chi connectivity index (χ2n) is 5.99. The summed E-state index contributed by atoms with van der Waals surface area (Å²) in [6.45, 7) is 7.09. The first-order chi connectivity index (χ1) is 9.78. The van der Waals surface area contributed by atoms with Crippen LogP contribution in [0.15, 0.2) is 18.2 Å². The summed E-state index contributed by atoms with van der Waals surface area (Å²) in [6, 6.07) is 6.98. The van der Waals surface area contributed by atoms with Crippen molar-refractivity contribution in [3.8, 4) is 5.75 Å². The van der Waals surface area contributed by atoms with Crippen LogP contribution in [0.25, 0.3) is 0 Å². The molecule has 0 saturated carbocycles. The fourth-order valence-electron chi connectivity index (χ4n) is 3.43. The Kier molecular flexibility index (Phi) is 4.27. The zero-order valence-electron chi connectivity index (χ0n) is 12.5. The van der Waals surface area contributed by atoms with Crippen molar-refractivity contribution in [2.45, 2.75) is 45.3 Å². The van der Waals surface area contributed by atoms with Crippen LogP contribution >= 0.6 is 0 Å². The fraction of sp³-hybridized carbons (Fsp3) is 0.647. The first-order valence-corrected chi connectivity index (χ1v) is 7.86. The lowest BCUT2D eigenvalue weighted by molar-refractivity contribution is 0.00537. The van der Waals surface area contributed by atoms with Gasteiger partial charge in [0.15, 0.2) is 0 Å². The highest BCUT2D eigenvalue weighted by Crippen LogP contribution is 2.39. The molecule has 0 amide bonds. The molecule has 1 aromatic carbocycles. The van der Waals surface area contributed by atoms with Crippen LogP contribution < -0.4 is 10.1 Å². The lowest BCUT2D eigenvalue weighted by Gasteiger charge is -2.38. The van der Waals surface area contributed by atoms with Crippen LogP contribution in [-0.2, 0) is 4.74 Å². The Hall–Kier alpha value is -1.06. The maximum atomic E-state index is 6.31. The zero-order chi connectivity index (χ0) is 13.9. The lowest BCUT2D eigenvalue weighted by atomic mass is 9.85. The van der Waals surface area contributed by atoms with E-state index in [2.05, 4.69) is 37.4 Å². The molecule has 1 N–H and O–H groups in total. The number of nitrogens with one attached hydrogen (secondary N) is 1. The number of benzene rings is 1. The molecule has 2 atom stereocenters. The molecule has 0 aromatic heterocycles. The summed E-state index contributed by atoms with van der Waals surface area (Å²) in [7, 11) is 0. The smallest absolute Gasteiger partial charge is 0.124 e. The van der Waals surface area contributed by atoms with Gasteiger partial charge in [-0.05, 0) is 32.4 Å². The van der Waals surface area contributed by atoms with Gasteiger partial charge in [0.1, 0.15) is 11.9 Å². The molecule has 0 aliphatic carbocycles. The standard InChI is InChI=1S/C17H25NO2/c1-3-18-15-11-17(13-6-8-19-9-7-13)20-16-5-4-12(2)10-14(15)16/h4-5,10,13,15,17-18H,3,6-9,11H2,1-2H3. The quantitative estimate of drug-likeness (QED) is 0.918. The molecule has 1 fully saturated rings. The molecule has 2 unspecified atom stereocenters. The molecule has 3 heteroatoms. The Bertz CT molecular complexity index is 454. The van der Waals surface area contributed by atoms with Crippen LogP contribution in [0.3, 0.4) is 0 Å². The largest absolute Gasteiger partial charge is 0.490 e. The minimum atomic E-state index is 0.332. The molecule has 0 spiro atoms. The first-order valence-electron chi connectivity index (χ1n) is 7.86. The molecule has 0 bridgehead atoms. The van der Waals surface area contributed by atoms with Crippen molar-refractivity contribution in [3.05, 3.63) is 29.3 Å². The highest BCUT2D eigenvalue weighted by atomic mass is 16.5. The van der Waals surface area contributed by atoms with Gasteiger partial charge in [-0.1, -0.05) is 24.6 Å². The average molecular weight is 275 g/mol. The van der Waals surface area contributed by atoms with Crippen molar-refractivity contribution in [3.63, 3.8) is 0 Å². The Morgan fingerprint density at radius 1 is 1.25 bits per heavy atom. The van der Waals surface area contributed by atoms with Crippen molar-refractivity contribution >= 4 is 0 Å². The van der Waals surface area contributed by atoms with Crippen molar-refractivity contribution in [2.75, 3.05) is 19.8 Å². The van der Waals surface area contributed by atoms with E-state index in [0.29, 0.717) is 18.1 Å². The van der Waals surface area contributed by atoms with Gasteiger partial charge in [-0.2, -0.15) is 0 Å². The van der Waals surface area contributed by atoms with E-state index in [1.54, 1.807) is 0 Å². The molecule has 2 aliphatic rings. The van der Waals surface area contributed by atoms with Crippen molar-refractivity contribution in [1.82, 2.24) is 5.32 Å². The van der Waals surface area contributed by atoms with Gasteiger partial charge < -0.3 is 14.8 Å². The number of rotatable bonds is 3. The Morgan fingerprint density at radius 2 is 2.05 bits per heavy atom. The van der Waals surface area contributed by atoms with Gasteiger partial charge in [0.2, 0.25) is 0 Å². The number of ether oxygens (including phenoxy) is 2. The third-order valence-corrected chi connectivity index (χ3v) is 4.53. The normalized spacial score (nSPS) is 26.9. The Balaban J connectivity index is 1.82. The van der Waals surface area contributed by atoms with Gasteiger partial charge in [-0.3, -0.25) is 0 Å². The van der Waals surface area contributed by atoms with Crippen molar-refractivity contribution in [1.29, 1.82) is 0 Å². The van der Waals surface area contributed by atoms with E-state index in [1.807, 2.05) is 0 Å². The number of aryl methyl sites for hydroxylation is 1. The molecular formula is C17H25NO2. The molecular weight excluding hydrogens is 250 g/mol. The highest BCUT2D eigenvalue weighted by molar-refractivity contribution is 5.41. The predicted octanol–water partition coefficient (Wildman–Crippen LogP) is 3.22. The van der Waals surface area contributed by atoms with Gasteiger partial charge in [-0.15, -0.1) is 0 Å². The summed E-state index contributed by atoms with van der Waals surface area (Å²) in [5.74, 6) is 1.71. The minimum Gasteiger partial charge on any atom is -0.490 e. The van der Waals surface area contributed by atoms with Crippen LogP contribution in [0.5, 0.6) is 5.75 Å². The maximum Gasteiger partial charge on any atom is 0.124 e. The van der Waals surface area contributed by atoms with E-state index in [4.69, 9.17) is 9.47 Å². The summed E-state index contributed by atoms with van der Waals surface area (Å²) in [6.07, 6.45) is 3.67. The van der Waals surface area contributed by atoms with Gasteiger partial charge in [0, 0.05) is 37.2 Å². The zero-order valence-corrected chi connectivity index (χ0v) is 12.5. The van der Waals surface area contributed by atoms with E-state index in [-0.39, 0.29) is 0 Å². The van der Waals surface area contributed by atoms with Crippen LogP contribution in [0, 0.1) is 12.8 Å². The van der Waals surface area contributed by atoms with Crippen LogP contribution in [-0.4, -0.2) is 25.9 Å². The second-order valence-corrected chi connectivity index (χ2v) is 5.99. The van der Waals surface area contributed by atoms with Crippen molar-refractivity contribution in [2.24, 2.45) is 5.92 Å². The molecule has 3 nitrogen and oxygen atoms in total. The van der Waals surface area contributed by atoms with Gasteiger partial charge in [0.25, 0.3) is 0 Å². The summed E-state index contributed by atoms with van der Waals surface area (Å²) < 4.78 is 11.8. The molecule has 2 aliphatic heterocycles. The van der Waals surface area contributed by atoms with E-state index < -0.39 is 0 Å². The summed E-state index contributed by atoms with van der Waals surface area (Å²) in [5.41, 5.74) is 2.63. The molecule has 2 heterocycles. The number of fused-ring (bicyclic) bond motifs is 1. The van der Waals surface area contributed by atoms with Crippen molar-refractivity contribution < 1.29 is 9.47 Å². The minimum absolute atomic E-state index is 0.332. The van der Waals surface area contributed by atoms with E-state index in [9.17, 15) is 0 Å². The second kappa shape index (κ2) is 6.15. The van der Waals surface area contributed by atoms with Gasteiger partial charge in [-0.25, -0.2) is 0 Å². The lowest BCUT2D eigenvalue weighted by Crippen LogP contribution is -2.39. The Labute approximate surface area is 121 Å². The molecule has 110 valence electrons. The maximum absolute atomic E-state index is 6.31. The Morgan fingerprint density at radius 3 is 2.80 bits per heavy atom. The van der Waals surface area contributed by atoms with E-state index >= 15 is 0 Å². The summed E-state index contributed by atoms with van der Waals surface area (Å²) >= 11 is 0. The SMILES string of the molecule is CCNC1CC(C2CCOCC2)Oc2ccc(C)cc21. The van der Waals surface area contributed by atoms with Gasteiger partial charge in [0.05, 0.1) is 0 Å². The fourth-order valence-corrected chi connectivity index (χ4v) is 3.43. The summed E-state index contributed by atoms with van der Waals surface area (Å²) in [5, 5.41) is 3.63. The average Bonchev–Trinajstić information content (AvgIpc) is 2.49. The molecule has 1 saturated heterocycles. The van der Waals surface area contributed by atoms with Crippen LogP contribution in [0.2, 0.25) is 0 Å². The monoisotopic (exact) mass is 275 g/mol. The third-order valence-electron chi connectivity index (χ3n) is 4.53. The van der Waals surface area contributed by atoms with E-state index in [0.717, 1.165) is 44.8 Å². The molecule has 3 rings (SSSR count).